The van der Waals surface area contributed by atoms with E-state index in [1.165, 1.54) is 0 Å². The Balaban J connectivity index is 3.26. The largest absolute Gasteiger partial charge is 0.329 e. The average Bonchev–Trinajstić information content (AvgIpc) is 1.83. The second-order valence-corrected chi connectivity index (χ2v) is 1.62. The number of hydrogen-bond acceptors (Lipinski definition) is 3. The maximum atomic E-state index is 8.29. The fraction of sp³-hybridized carbons (Fsp3) is 0.800. The molecule has 8 heavy (non-hydrogen) atoms. The average molecular weight is 113 g/mol. The van der Waals surface area contributed by atoms with Crippen molar-refractivity contribution in [1.29, 1.82) is 5.26 Å². The SMILES string of the molecule is CNCC(C#N)CN. The Labute approximate surface area is 49.5 Å². The van der Waals surface area contributed by atoms with Gasteiger partial charge in [-0.3, -0.25) is 0 Å². The molecule has 0 aliphatic rings. The lowest BCUT2D eigenvalue weighted by Crippen LogP contribution is -2.24. The molecule has 0 fully saturated rings. The lowest BCUT2D eigenvalue weighted by Gasteiger charge is -2.01. The molecule has 1 unspecified atom stereocenters. The van der Waals surface area contributed by atoms with Crippen molar-refractivity contribution in [2.75, 3.05) is 20.1 Å². The summed E-state index contributed by atoms with van der Waals surface area (Å²) < 4.78 is 0. The second kappa shape index (κ2) is 4.57. The highest BCUT2D eigenvalue weighted by Gasteiger charge is 1.99. The van der Waals surface area contributed by atoms with Crippen LogP contribution in [0.1, 0.15) is 0 Å². The number of nitrogens with one attached hydrogen (secondary N) is 1. The molecule has 0 saturated carbocycles. The zero-order valence-corrected chi connectivity index (χ0v) is 5.02. The molecule has 0 heterocycles. The van der Waals surface area contributed by atoms with Crippen LogP contribution in [0.4, 0.5) is 0 Å². The molecule has 0 radical (unpaired) electrons. The molecule has 0 aliphatic carbocycles. The molecule has 0 aromatic heterocycles. The van der Waals surface area contributed by atoms with Crippen LogP contribution in [0.25, 0.3) is 0 Å². The van der Waals surface area contributed by atoms with Crippen molar-refractivity contribution in [3.63, 3.8) is 0 Å². The Bertz CT molecular complexity index is 84.2. The molecule has 1 atom stereocenters. The molecule has 0 aliphatic heterocycles. The fourth-order valence-electron chi connectivity index (χ4n) is 0.428. The van der Waals surface area contributed by atoms with Crippen molar-refractivity contribution in [2.24, 2.45) is 11.7 Å². The van der Waals surface area contributed by atoms with Gasteiger partial charge in [-0.15, -0.1) is 0 Å². The number of nitrogens with two attached hydrogens (primary N) is 1. The van der Waals surface area contributed by atoms with E-state index in [-0.39, 0.29) is 5.92 Å². The van der Waals surface area contributed by atoms with Crippen LogP contribution in [0.15, 0.2) is 0 Å². The van der Waals surface area contributed by atoms with Gasteiger partial charge in [-0.2, -0.15) is 5.26 Å². The van der Waals surface area contributed by atoms with E-state index in [9.17, 15) is 0 Å². The highest BCUT2D eigenvalue weighted by Crippen LogP contribution is 1.84. The van der Waals surface area contributed by atoms with E-state index in [1.54, 1.807) is 7.05 Å². The summed E-state index contributed by atoms with van der Waals surface area (Å²) >= 11 is 0. The summed E-state index contributed by atoms with van der Waals surface area (Å²) in [6.45, 7) is 1.13. The smallest absolute Gasteiger partial charge is 0.0710 e. The molecule has 0 rings (SSSR count). The minimum absolute atomic E-state index is 0.0278. The minimum atomic E-state index is -0.0278. The second-order valence-electron chi connectivity index (χ2n) is 1.62. The van der Waals surface area contributed by atoms with E-state index < -0.39 is 0 Å². The van der Waals surface area contributed by atoms with Crippen molar-refractivity contribution in [3.05, 3.63) is 0 Å². The van der Waals surface area contributed by atoms with Crippen LogP contribution in [0.5, 0.6) is 0 Å². The van der Waals surface area contributed by atoms with Gasteiger partial charge in [-0.25, -0.2) is 0 Å². The van der Waals surface area contributed by atoms with E-state index in [4.69, 9.17) is 11.0 Å². The lowest BCUT2D eigenvalue weighted by atomic mass is 10.2. The Kier molecular flexibility index (Phi) is 4.23. The van der Waals surface area contributed by atoms with E-state index >= 15 is 0 Å². The van der Waals surface area contributed by atoms with E-state index in [0.29, 0.717) is 13.1 Å². The minimum Gasteiger partial charge on any atom is -0.329 e. The summed E-state index contributed by atoms with van der Waals surface area (Å²) in [7, 11) is 1.81. The Hall–Kier alpha value is -0.590. The summed E-state index contributed by atoms with van der Waals surface area (Å²) in [6, 6.07) is 2.07. The van der Waals surface area contributed by atoms with Gasteiger partial charge in [-0.1, -0.05) is 0 Å². The lowest BCUT2D eigenvalue weighted by molar-refractivity contribution is 0.619. The quantitative estimate of drug-likeness (QED) is 0.509. The zero-order valence-electron chi connectivity index (χ0n) is 5.02. The first-order valence-electron chi connectivity index (χ1n) is 2.59. The first-order valence-corrected chi connectivity index (χ1v) is 2.59. The van der Waals surface area contributed by atoms with Crippen molar-refractivity contribution in [1.82, 2.24) is 5.32 Å². The number of hydrogen-bond donors (Lipinski definition) is 2. The van der Waals surface area contributed by atoms with Crippen LogP contribution in [0.3, 0.4) is 0 Å². The van der Waals surface area contributed by atoms with Gasteiger partial charge in [0.05, 0.1) is 12.0 Å². The van der Waals surface area contributed by atoms with Crippen molar-refractivity contribution >= 4 is 0 Å². The molecule has 46 valence electrons. The summed E-state index contributed by atoms with van der Waals surface area (Å²) in [5.41, 5.74) is 5.21. The highest BCUT2D eigenvalue weighted by atomic mass is 14.8. The summed E-state index contributed by atoms with van der Waals surface area (Å²) in [5.74, 6) is -0.0278. The Morgan fingerprint density at radius 2 is 2.50 bits per heavy atom. The summed E-state index contributed by atoms with van der Waals surface area (Å²) in [6.07, 6.45) is 0. The maximum Gasteiger partial charge on any atom is 0.0710 e. The molecule has 3 heteroatoms. The van der Waals surface area contributed by atoms with Crippen LogP contribution >= 0.6 is 0 Å². The van der Waals surface area contributed by atoms with Crippen LogP contribution in [0, 0.1) is 17.2 Å². The number of nitriles is 1. The molecule has 0 amide bonds. The molecule has 0 saturated heterocycles. The maximum absolute atomic E-state index is 8.29. The van der Waals surface area contributed by atoms with Crippen LogP contribution in [-0.2, 0) is 0 Å². The molecule has 0 aromatic rings. The van der Waals surface area contributed by atoms with Crippen LogP contribution < -0.4 is 11.1 Å². The highest BCUT2D eigenvalue weighted by molar-refractivity contribution is 4.84. The third-order valence-corrected chi connectivity index (χ3v) is 0.918. The van der Waals surface area contributed by atoms with Gasteiger partial charge >= 0.3 is 0 Å². The summed E-state index contributed by atoms with van der Waals surface area (Å²) in [5, 5.41) is 11.2. The molecule has 0 bridgehead atoms. The molecule has 0 spiro atoms. The third kappa shape index (κ3) is 2.56. The van der Waals surface area contributed by atoms with Crippen molar-refractivity contribution in [2.45, 2.75) is 0 Å². The van der Waals surface area contributed by atoms with E-state index in [0.717, 1.165) is 0 Å². The Morgan fingerprint density at radius 1 is 1.88 bits per heavy atom. The van der Waals surface area contributed by atoms with Crippen molar-refractivity contribution < 1.29 is 0 Å². The van der Waals surface area contributed by atoms with Crippen molar-refractivity contribution in [3.8, 4) is 6.07 Å². The predicted molar refractivity (Wildman–Crippen MR) is 32.1 cm³/mol. The molecule has 3 nitrogen and oxygen atoms in total. The zero-order chi connectivity index (χ0) is 6.41. The van der Waals surface area contributed by atoms with Gasteiger partial charge in [-0.05, 0) is 7.05 Å². The first kappa shape index (κ1) is 7.41. The number of nitrogens with zero attached hydrogens (tertiary/aromatic N) is 1. The monoisotopic (exact) mass is 113 g/mol. The van der Waals surface area contributed by atoms with Gasteiger partial charge in [0.15, 0.2) is 0 Å². The predicted octanol–water partition coefficient (Wildman–Crippen LogP) is -0.696. The summed E-state index contributed by atoms with van der Waals surface area (Å²) in [4.78, 5) is 0. The van der Waals surface area contributed by atoms with Gasteiger partial charge in [0.25, 0.3) is 0 Å². The molecule has 3 N–H and O–H groups in total. The molecular weight excluding hydrogens is 102 g/mol. The van der Waals surface area contributed by atoms with Crippen LogP contribution in [-0.4, -0.2) is 20.1 Å². The van der Waals surface area contributed by atoms with Gasteiger partial charge in [0, 0.05) is 13.1 Å². The molecular formula is C5H11N3. The van der Waals surface area contributed by atoms with Gasteiger partial charge < -0.3 is 11.1 Å². The normalized spacial score (nSPS) is 12.6. The Morgan fingerprint density at radius 3 is 2.62 bits per heavy atom. The fourth-order valence-corrected chi connectivity index (χ4v) is 0.428. The standard InChI is InChI=1S/C5H11N3/c1-8-4-5(2-6)3-7/h5,8H,2,4,6H2,1H3. The van der Waals surface area contributed by atoms with Gasteiger partial charge in [0.2, 0.25) is 0 Å². The van der Waals surface area contributed by atoms with Crippen LogP contribution in [0.2, 0.25) is 0 Å². The molecule has 0 aromatic carbocycles. The van der Waals surface area contributed by atoms with Gasteiger partial charge in [0.1, 0.15) is 0 Å². The topological polar surface area (TPSA) is 61.8 Å². The van der Waals surface area contributed by atoms with E-state index in [1.807, 2.05) is 0 Å². The first-order chi connectivity index (χ1) is 3.85. The van der Waals surface area contributed by atoms with E-state index in [2.05, 4.69) is 11.4 Å². The third-order valence-electron chi connectivity index (χ3n) is 0.918. The number of rotatable bonds is 3.